The monoisotopic (exact) mass is 338 g/mol. The maximum atomic E-state index is 12.1. The van der Waals surface area contributed by atoms with E-state index in [2.05, 4.69) is 10.4 Å². The van der Waals surface area contributed by atoms with Gasteiger partial charge >= 0.3 is 6.09 Å². The molecule has 1 aliphatic carbocycles. The number of amides is 2. The van der Waals surface area contributed by atoms with Gasteiger partial charge < -0.3 is 20.1 Å². The van der Waals surface area contributed by atoms with Gasteiger partial charge in [-0.15, -0.1) is 0 Å². The number of aliphatic hydroxyl groups excluding tert-OH is 1. The Bertz CT molecular complexity index is 612. The fraction of sp³-hybridized carbons (Fsp3) is 0.688. The highest BCUT2D eigenvalue weighted by molar-refractivity contribution is 5.92. The number of ether oxygens (including phenoxy) is 1. The van der Waals surface area contributed by atoms with Gasteiger partial charge in [-0.2, -0.15) is 5.10 Å². The zero-order valence-electron chi connectivity index (χ0n) is 14.9. The fourth-order valence-electron chi connectivity index (χ4n) is 2.45. The van der Waals surface area contributed by atoms with E-state index >= 15 is 0 Å². The van der Waals surface area contributed by atoms with E-state index in [1.54, 1.807) is 45.6 Å². The summed E-state index contributed by atoms with van der Waals surface area (Å²) < 4.78 is 6.94. The molecule has 1 aliphatic rings. The summed E-state index contributed by atoms with van der Waals surface area (Å²) >= 11 is 0. The largest absolute Gasteiger partial charge is 0.444 e. The first-order valence-corrected chi connectivity index (χ1v) is 8.02. The molecule has 1 saturated carbocycles. The molecule has 0 spiro atoms. The van der Waals surface area contributed by atoms with Crippen LogP contribution in [0.15, 0.2) is 6.07 Å². The summed E-state index contributed by atoms with van der Waals surface area (Å²) in [6, 6.07) is 1.71. The summed E-state index contributed by atoms with van der Waals surface area (Å²) in [5.41, 5.74) is 0.458. The first kappa shape index (κ1) is 18.3. The van der Waals surface area contributed by atoms with Crippen LogP contribution < -0.4 is 5.32 Å². The molecule has 0 aromatic carbocycles. The number of hydrogen-bond donors (Lipinski definition) is 2. The summed E-state index contributed by atoms with van der Waals surface area (Å²) in [5, 5.41) is 16.6. The molecular formula is C16H26N4O4. The summed E-state index contributed by atoms with van der Waals surface area (Å²) in [7, 11) is 3.32. The Labute approximate surface area is 141 Å². The van der Waals surface area contributed by atoms with E-state index in [0.29, 0.717) is 24.2 Å². The van der Waals surface area contributed by atoms with E-state index in [-0.39, 0.29) is 24.6 Å². The van der Waals surface area contributed by atoms with Crippen LogP contribution in [0.4, 0.5) is 4.79 Å². The van der Waals surface area contributed by atoms with Crippen LogP contribution in [-0.2, 0) is 11.3 Å². The second kappa shape index (κ2) is 6.80. The average Bonchev–Trinajstić information content (AvgIpc) is 2.82. The minimum absolute atomic E-state index is 0.0409. The van der Waals surface area contributed by atoms with Crippen LogP contribution in [0.3, 0.4) is 0 Å². The topological polar surface area (TPSA) is 96.7 Å². The zero-order chi connectivity index (χ0) is 18.1. The molecule has 0 radical (unpaired) electrons. The summed E-state index contributed by atoms with van der Waals surface area (Å²) in [6.45, 7) is 5.58. The van der Waals surface area contributed by atoms with E-state index in [1.807, 2.05) is 0 Å². The van der Waals surface area contributed by atoms with Crippen molar-refractivity contribution >= 4 is 12.0 Å². The average molecular weight is 338 g/mol. The van der Waals surface area contributed by atoms with Crippen molar-refractivity contribution in [3.63, 3.8) is 0 Å². The van der Waals surface area contributed by atoms with Gasteiger partial charge in [-0.3, -0.25) is 9.48 Å². The fourth-order valence-corrected chi connectivity index (χ4v) is 2.45. The highest BCUT2D eigenvalue weighted by atomic mass is 16.6. The van der Waals surface area contributed by atoms with Crippen LogP contribution in [0.1, 0.15) is 55.8 Å². The molecule has 0 aliphatic heterocycles. The van der Waals surface area contributed by atoms with Gasteiger partial charge in [-0.25, -0.2) is 4.79 Å². The molecule has 1 aromatic heterocycles. The predicted molar refractivity (Wildman–Crippen MR) is 87.6 cm³/mol. The number of nitrogens with zero attached hydrogens (tertiary/aromatic N) is 3. The van der Waals surface area contributed by atoms with Crippen molar-refractivity contribution in [2.45, 2.75) is 57.9 Å². The van der Waals surface area contributed by atoms with Crippen molar-refractivity contribution in [1.29, 1.82) is 0 Å². The summed E-state index contributed by atoms with van der Waals surface area (Å²) in [4.78, 5) is 25.4. The van der Waals surface area contributed by atoms with Gasteiger partial charge in [-0.05, 0) is 39.7 Å². The molecule has 2 amide bonds. The lowest BCUT2D eigenvalue weighted by molar-refractivity contribution is 0.0405. The molecule has 0 atom stereocenters. The Hall–Kier alpha value is -2.09. The maximum Gasteiger partial charge on any atom is 0.407 e. The quantitative estimate of drug-likeness (QED) is 0.863. The maximum absolute atomic E-state index is 12.1. The summed E-state index contributed by atoms with van der Waals surface area (Å²) in [6.07, 6.45) is 0.330. The third kappa shape index (κ3) is 4.47. The zero-order valence-corrected chi connectivity index (χ0v) is 14.9. The van der Waals surface area contributed by atoms with E-state index in [9.17, 15) is 14.7 Å². The third-order valence-electron chi connectivity index (χ3n) is 3.69. The van der Waals surface area contributed by atoms with Gasteiger partial charge in [0, 0.05) is 14.1 Å². The molecular weight excluding hydrogens is 312 g/mol. The molecule has 8 nitrogen and oxygen atoms in total. The van der Waals surface area contributed by atoms with Crippen molar-refractivity contribution in [2.75, 3.05) is 14.1 Å². The lowest BCUT2D eigenvalue weighted by Gasteiger charge is -2.32. The van der Waals surface area contributed by atoms with Crippen molar-refractivity contribution in [3.05, 3.63) is 17.5 Å². The highest BCUT2D eigenvalue weighted by Gasteiger charge is 2.32. The van der Waals surface area contributed by atoms with Crippen LogP contribution >= 0.6 is 0 Å². The standard InChI is InChI=1S/C16H26N4O4/c1-16(2,3)24-15(23)17-9-11-8-13(14(22)19(4)5)18-20(11)10-6-12(21)7-10/h8,10,12,21H,6-7,9H2,1-5H3,(H,17,23)/t10-,12-. The van der Waals surface area contributed by atoms with E-state index in [0.717, 1.165) is 0 Å². The second-order valence-corrected chi connectivity index (χ2v) is 7.30. The SMILES string of the molecule is CN(C)C(=O)c1cc(CNC(=O)OC(C)(C)C)n([C@H]2C[C@H](O)C2)n1. The minimum atomic E-state index is -0.575. The molecule has 2 rings (SSSR count). The lowest BCUT2D eigenvalue weighted by Crippen LogP contribution is -2.35. The normalized spacial score (nSPS) is 20.2. The van der Waals surface area contributed by atoms with Gasteiger partial charge in [0.25, 0.3) is 5.91 Å². The number of rotatable bonds is 4. The Morgan fingerprint density at radius 1 is 1.42 bits per heavy atom. The van der Waals surface area contributed by atoms with Crippen LogP contribution in [0.25, 0.3) is 0 Å². The van der Waals surface area contributed by atoms with E-state index in [4.69, 9.17) is 4.74 Å². The second-order valence-electron chi connectivity index (χ2n) is 7.30. The molecule has 1 aromatic rings. The van der Waals surface area contributed by atoms with Crippen molar-refractivity contribution in [3.8, 4) is 0 Å². The van der Waals surface area contributed by atoms with Gasteiger partial charge in [0.2, 0.25) is 0 Å². The van der Waals surface area contributed by atoms with Gasteiger partial charge in [0.05, 0.1) is 24.4 Å². The van der Waals surface area contributed by atoms with Gasteiger partial charge in [0.15, 0.2) is 5.69 Å². The number of carbonyl (C=O) groups is 2. The van der Waals surface area contributed by atoms with Gasteiger partial charge in [0.1, 0.15) is 5.60 Å². The number of alkyl carbamates (subject to hydrolysis) is 1. The van der Waals surface area contributed by atoms with Crippen molar-refractivity contribution in [1.82, 2.24) is 20.0 Å². The van der Waals surface area contributed by atoms with Crippen molar-refractivity contribution < 1.29 is 19.4 Å². The minimum Gasteiger partial charge on any atom is -0.444 e. The number of aliphatic hydroxyl groups is 1. The van der Waals surface area contributed by atoms with Crippen molar-refractivity contribution in [2.24, 2.45) is 0 Å². The first-order valence-electron chi connectivity index (χ1n) is 8.02. The van der Waals surface area contributed by atoms with Gasteiger partial charge in [-0.1, -0.05) is 0 Å². The number of aromatic nitrogens is 2. The Morgan fingerprint density at radius 2 is 2.04 bits per heavy atom. The molecule has 8 heteroatoms. The Balaban J connectivity index is 2.11. The van der Waals surface area contributed by atoms with Crippen LogP contribution in [0, 0.1) is 0 Å². The summed E-state index contributed by atoms with van der Waals surface area (Å²) in [5.74, 6) is -0.202. The number of carbonyl (C=O) groups excluding carboxylic acids is 2. The number of nitrogens with one attached hydrogen (secondary N) is 1. The van der Waals surface area contributed by atoms with Crippen LogP contribution in [0.2, 0.25) is 0 Å². The molecule has 134 valence electrons. The predicted octanol–water partition coefficient (Wildman–Crippen LogP) is 1.31. The molecule has 1 heterocycles. The van der Waals surface area contributed by atoms with Crippen LogP contribution in [0.5, 0.6) is 0 Å². The first-order chi connectivity index (χ1) is 11.1. The van der Waals surface area contributed by atoms with E-state index < -0.39 is 11.7 Å². The molecule has 0 unspecified atom stereocenters. The number of hydrogen-bond acceptors (Lipinski definition) is 5. The molecule has 1 fully saturated rings. The molecule has 2 N–H and O–H groups in total. The molecule has 0 saturated heterocycles. The molecule has 24 heavy (non-hydrogen) atoms. The molecule has 0 bridgehead atoms. The highest BCUT2D eigenvalue weighted by Crippen LogP contribution is 2.33. The Morgan fingerprint density at radius 3 is 2.54 bits per heavy atom. The smallest absolute Gasteiger partial charge is 0.407 e. The Kier molecular flexibility index (Phi) is 5.17. The van der Waals surface area contributed by atoms with Crippen LogP contribution in [-0.4, -0.2) is 57.6 Å². The van der Waals surface area contributed by atoms with E-state index in [1.165, 1.54) is 4.90 Å². The lowest BCUT2D eigenvalue weighted by atomic mass is 9.89. The third-order valence-corrected chi connectivity index (χ3v) is 3.69.